The minimum absolute atomic E-state index is 0.254. The van der Waals surface area contributed by atoms with Gasteiger partial charge in [0.25, 0.3) is 0 Å². The summed E-state index contributed by atoms with van der Waals surface area (Å²) in [5.41, 5.74) is 1.62. The number of rotatable bonds is 4. The number of aromatic nitrogens is 1. The number of halogens is 2. The predicted molar refractivity (Wildman–Crippen MR) is 67.4 cm³/mol. The molecule has 0 aliphatic carbocycles. The van der Waals surface area contributed by atoms with Crippen LogP contribution >= 0.6 is 0 Å². The van der Waals surface area contributed by atoms with Gasteiger partial charge in [0.1, 0.15) is 11.6 Å². The van der Waals surface area contributed by atoms with Gasteiger partial charge in [-0.1, -0.05) is 6.07 Å². The zero-order valence-electron chi connectivity index (χ0n) is 10.5. The Morgan fingerprint density at radius 2 is 2.06 bits per heavy atom. The van der Waals surface area contributed by atoms with Crippen LogP contribution in [0, 0.1) is 11.6 Å². The zero-order valence-corrected chi connectivity index (χ0v) is 10.5. The van der Waals surface area contributed by atoms with Gasteiger partial charge in [0.2, 0.25) is 0 Å². The summed E-state index contributed by atoms with van der Waals surface area (Å²) in [6.45, 7) is 2.46. The minimum Gasteiger partial charge on any atom is -0.349 e. The second-order valence-corrected chi connectivity index (χ2v) is 4.36. The molecule has 2 aromatic rings. The summed E-state index contributed by atoms with van der Waals surface area (Å²) in [6.07, 6.45) is 3.86. The molecule has 0 fully saturated rings. The van der Waals surface area contributed by atoms with Gasteiger partial charge >= 0.3 is 0 Å². The smallest absolute Gasteiger partial charge is 0.131 e. The lowest BCUT2D eigenvalue weighted by molar-refractivity contribution is 0.566. The van der Waals surface area contributed by atoms with E-state index < -0.39 is 11.6 Å². The minimum atomic E-state index is -0.548. The first-order valence-corrected chi connectivity index (χ1v) is 5.87. The number of hydrogen-bond acceptors (Lipinski definition) is 1. The maximum Gasteiger partial charge on any atom is 0.131 e. The monoisotopic (exact) mass is 250 g/mol. The number of nitrogens with zero attached hydrogens (tertiary/aromatic N) is 1. The van der Waals surface area contributed by atoms with E-state index in [0.717, 1.165) is 11.6 Å². The Kier molecular flexibility index (Phi) is 3.77. The molecule has 18 heavy (non-hydrogen) atoms. The maximum atomic E-state index is 13.5. The van der Waals surface area contributed by atoms with Gasteiger partial charge < -0.3 is 9.88 Å². The van der Waals surface area contributed by atoms with Crippen molar-refractivity contribution in [3.63, 3.8) is 0 Å². The summed E-state index contributed by atoms with van der Waals surface area (Å²) in [4.78, 5) is 0. The Hall–Kier alpha value is -1.68. The van der Waals surface area contributed by atoms with E-state index in [4.69, 9.17) is 0 Å². The van der Waals surface area contributed by atoms with Crippen LogP contribution in [-0.2, 0) is 6.54 Å². The molecule has 1 atom stereocenters. The molecule has 0 saturated heterocycles. The summed E-state index contributed by atoms with van der Waals surface area (Å²) in [5, 5.41) is 3.14. The molecule has 2 nitrogen and oxygen atoms in total. The van der Waals surface area contributed by atoms with Gasteiger partial charge in [0, 0.05) is 36.6 Å². The third-order valence-corrected chi connectivity index (χ3v) is 3.07. The highest BCUT2D eigenvalue weighted by Gasteiger charge is 2.07. The molecule has 1 N–H and O–H groups in total. The van der Waals surface area contributed by atoms with Crippen molar-refractivity contribution in [2.75, 3.05) is 7.05 Å². The van der Waals surface area contributed by atoms with Gasteiger partial charge in [0.15, 0.2) is 0 Å². The fourth-order valence-corrected chi connectivity index (χ4v) is 1.83. The third kappa shape index (κ3) is 2.76. The number of benzene rings is 1. The molecule has 1 aromatic heterocycles. The molecule has 1 aromatic carbocycles. The lowest BCUT2D eigenvalue weighted by Crippen LogP contribution is -2.11. The van der Waals surface area contributed by atoms with Crippen molar-refractivity contribution in [3.8, 4) is 0 Å². The van der Waals surface area contributed by atoms with Crippen molar-refractivity contribution in [3.05, 3.63) is 59.4 Å². The normalized spacial score (nSPS) is 12.7. The molecular formula is C14H16F2N2. The summed E-state index contributed by atoms with van der Waals surface area (Å²) < 4.78 is 28.2. The van der Waals surface area contributed by atoms with E-state index in [2.05, 4.69) is 12.2 Å². The molecule has 1 unspecified atom stereocenters. The Morgan fingerprint density at radius 1 is 1.28 bits per heavy atom. The van der Waals surface area contributed by atoms with Crippen molar-refractivity contribution < 1.29 is 8.78 Å². The molecule has 0 radical (unpaired) electrons. The van der Waals surface area contributed by atoms with E-state index in [1.807, 2.05) is 30.1 Å². The molecule has 1 heterocycles. The van der Waals surface area contributed by atoms with Crippen LogP contribution in [0.2, 0.25) is 0 Å². The fourth-order valence-electron chi connectivity index (χ4n) is 1.83. The van der Waals surface area contributed by atoms with E-state index in [1.165, 1.54) is 12.1 Å². The van der Waals surface area contributed by atoms with Crippen LogP contribution in [0.1, 0.15) is 24.1 Å². The largest absolute Gasteiger partial charge is 0.349 e. The van der Waals surface area contributed by atoms with Gasteiger partial charge in [-0.15, -0.1) is 0 Å². The Bertz CT molecular complexity index is 534. The van der Waals surface area contributed by atoms with Gasteiger partial charge in [0.05, 0.1) is 0 Å². The van der Waals surface area contributed by atoms with Gasteiger partial charge in [-0.3, -0.25) is 0 Å². The van der Waals surface area contributed by atoms with Crippen molar-refractivity contribution in [2.45, 2.75) is 19.5 Å². The maximum absolute atomic E-state index is 13.5. The summed E-state index contributed by atoms with van der Waals surface area (Å²) in [7, 11) is 1.89. The average molecular weight is 250 g/mol. The molecule has 0 saturated carbocycles. The molecule has 0 spiro atoms. The van der Waals surface area contributed by atoms with E-state index in [1.54, 1.807) is 0 Å². The van der Waals surface area contributed by atoms with E-state index in [0.29, 0.717) is 12.1 Å². The van der Waals surface area contributed by atoms with Crippen LogP contribution in [0.15, 0.2) is 36.7 Å². The molecule has 2 rings (SSSR count). The van der Waals surface area contributed by atoms with Gasteiger partial charge in [-0.2, -0.15) is 0 Å². The summed E-state index contributed by atoms with van der Waals surface area (Å²) in [6, 6.07) is 5.91. The number of hydrogen-bond donors (Lipinski definition) is 1. The first-order chi connectivity index (χ1) is 8.60. The van der Waals surface area contributed by atoms with Crippen LogP contribution < -0.4 is 5.32 Å². The molecule has 0 amide bonds. The second-order valence-electron chi connectivity index (χ2n) is 4.36. The highest BCUT2D eigenvalue weighted by atomic mass is 19.1. The van der Waals surface area contributed by atoms with Crippen molar-refractivity contribution in [1.29, 1.82) is 0 Å². The van der Waals surface area contributed by atoms with Crippen molar-refractivity contribution in [2.24, 2.45) is 0 Å². The van der Waals surface area contributed by atoms with E-state index in [9.17, 15) is 8.78 Å². The van der Waals surface area contributed by atoms with E-state index >= 15 is 0 Å². The summed E-state index contributed by atoms with van der Waals surface area (Å²) >= 11 is 0. The fraction of sp³-hybridized carbons (Fsp3) is 0.286. The Balaban J connectivity index is 2.16. The first kappa shape index (κ1) is 12.8. The van der Waals surface area contributed by atoms with Crippen LogP contribution in [0.3, 0.4) is 0 Å². The molecule has 96 valence electrons. The molecular weight excluding hydrogens is 234 g/mol. The van der Waals surface area contributed by atoms with Crippen LogP contribution in [0.4, 0.5) is 8.78 Å². The molecule has 0 aliphatic heterocycles. The van der Waals surface area contributed by atoms with Crippen LogP contribution in [0.5, 0.6) is 0 Å². The van der Waals surface area contributed by atoms with Gasteiger partial charge in [-0.25, -0.2) is 8.78 Å². The highest BCUT2D eigenvalue weighted by molar-refractivity contribution is 5.21. The lowest BCUT2D eigenvalue weighted by atomic mass is 10.2. The van der Waals surface area contributed by atoms with Crippen molar-refractivity contribution >= 4 is 0 Å². The number of nitrogens with one attached hydrogen (secondary N) is 1. The Morgan fingerprint density at radius 3 is 2.72 bits per heavy atom. The van der Waals surface area contributed by atoms with Crippen LogP contribution in [-0.4, -0.2) is 11.6 Å². The SMILES string of the molecule is CNC(C)c1ccn(Cc2ccc(F)cc2F)c1. The van der Waals surface area contributed by atoms with E-state index in [-0.39, 0.29) is 6.04 Å². The molecule has 4 heteroatoms. The molecule has 0 aliphatic rings. The topological polar surface area (TPSA) is 17.0 Å². The lowest BCUT2D eigenvalue weighted by Gasteiger charge is -2.08. The Labute approximate surface area is 105 Å². The van der Waals surface area contributed by atoms with Crippen LogP contribution in [0.25, 0.3) is 0 Å². The highest BCUT2D eigenvalue weighted by Crippen LogP contribution is 2.15. The zero-order chi connectivity index (χ0) is 13.1. The third-order valence-electron chi connectivity index (χ3n) is 3.07. The van der Waals surface area contributed by atoms with Crippen molar-refractivity contribution in [1.82, 2.24) is 9.88 Å². The predicted octanol–water partition coefficient (Wildman–Crippen LogP) is 3.10. The average Bonchev–Trinajstić information content (AvgIpc) is 2.80. The first-order valence-electron chi connectivity index (χ1n) is 5.87. The standard InChI is InChI=1S/C14H16F2N2/c1-10(17-2)11-5-6-18(8-11)9-12-3-4-13(15)7-14(12)16/h3-8,10,17H,9H2,1-2H3. The quantitative estimate of drug-likeness (QED) is 0.882. The van der Waals surface area contributed by atoms with Gasteiger partial charge in [-0.05, 0) is 31.7 Å². The molecule has 0 bridgehead atoms. The summed E-state index contributed by atoms with van der Waals surface area (Å²) in [5.74, 6) is -1.06. The second kappa shape index (κ2) is 5.31.